The largest absolute Gasteiger partial charge is 0.445 e. The predicted molar refractivity (Wildman–Crippen MR) is 100 cm³/mol. The molecule has 0 bridgehead atoms. The monoisotopic (exact) mass is 352 g/mol. The molecule has 0 saturated heterocycles. The number of carbonyl (C=O) groups is 1. The summed E-state index contributed by atoms with van der Waals surface area (Å²) >= 11 is 5.88. The van der Waals surface area contributed by atoms with Gasteiger partial charge in [-0.15, -0.1) is 0 Å². The lowest BCUT2D eigenvalue weighted by atomic mass is 10.1. The fraction of sp³-hybridized carbons (Fsp3) is 0.100. The molecule has 1 heterocycles. The van der Waals surface area contributed by atoms with Gasteiger partial charge in [0.25, 0.3) is 0 Å². The number of hydrogen-bond acceptors (Lipinski definition) is 3. The molecule has 4 nitrogen and oxygen atoms in total. The average molecular weight is 353 g/mol. The lowest BCUT2D eigenvalue weighted by Gasteiger charge is -2.05. The SMILES string of the molecule is O=C(NCC=Cc1ccc2nc(Cl)ccc2c1)OCc1ccccc1. The molecule has 0 radical (unpaired) electrons. The molecule has 3 rings (SSSR count). The molecule has 0 aliphatic carbocycles. The molecule has 2 aromatic carbocycles. The molecule has 3 aromatic rings. The van der Waals surface area contributed by atoms with Gasteiger partial charge in [0.1, 0.15) is 11.8 Å². The highest BCUT2D eigenvalue weighted by Crippen LogP contribution is 2.17. The molecule has 0 saturated carbocycles. The molecular weight excluding hydrogens is 336 g/mol. The van der Waals surface area contributed by atoms with E-state index in [-0.39, 0.29) is 6.61 Å². The van der Waals surface area contributed by atoms with Gasteiger partial charge in [-0.2, -0.15) is 0 Å². The van der Waals surface area contributed by atoms with Gasteiger partial charge in [0, 0.05) is 11.9 Å². The average Bonchev–Trinajstić information content (AvgIpc) is 2.64. The number of amides is 1. The number of aromatic nitrogens is 1. The van der Waals surface area contributed by atoms with E-state index in [2.05, 4.69) is 10.3 Å². The third kappa shape index (κ3) is 5.06. The number of carbonyl (C=O) groups excluding carboxylic acids is 1. The van der Waals surface area contributed by atoms with Gasteiger partial charge in [0.05, 0.1) is 5.52 Å². The van der Waals surface area contributed by atoms with Crippen molar-refractivity contribution in [3.8, 4) is 0 Å². The van der Waals surface area contributed by atoms with Gasteiger partial charge in [0.15, 0.2) is 0 Å². The van der Waals surface area contributed by atoms with Crippen LogP contribution in [-0.2, 0) is 11.3 Å². The quantitative estimate of drug-likeness (QED) is 0.669. The van der Waals surface area contributed by atoms with Crippen LogP contribution in [0.4, 0.5) is 4.79 Å². The minimum atomic E-state index is -0.439. The number of nitrogens with zero attached hydrogens (tertiary/aromatic N) is 1. The molecule has 25 heavy (non-hydrogen) atoms. The Morgan fingerprint density at radius 3 is 2.80 bits per heavy atom. The van der Waals surface area contributed by atoms with Crippen LogP contribution in [-0.4, -0.2) is 17.6 Å². The van der Waals surface area contributed by atoms with Crippen molar-refractivity contribution in [2.75, 3.05) is 6.54 Å². The maximum Gasteiger partial charge on any atom is 0.407 e. The second-order valence-corrected chi connectivity index (χ2v) is 5.82. The fourth-order valence-corrected chi connectivity index (χ4v) is 2.49. The van der Waals surface area contributed by atoms with Crippen molar-refractivity contribution in [2.45, 2.75) is 6.61 Å². The van der Waals surface area contributed by atoms with Gasteiger partial charge in [-0.25, -0.2) is 9.78 Å². The Morgan fingerprint density at radius 1 is 1.12 bits per heavy atom. The first-order chi connectivity index (χ1) is 12.2. The van der Waals surface area contributed by atoms with Gasteiger partial charge in [-0.05, 0) is 35.4 Å². The third-order valence-corrected chi connectivity index (χ3v) is 3.78. The zero-order valence-electron chi connectivity index (χ0n) is 13.5. The van der Waals surface area contributed by atoms with E-state index >= 15 is 0 Å². The van der Waals surface area contributed by atoms with Crippen LogP contribution in [0.5, 0.6) is 0 Å². The second kappa shape index (κ2) is 8.31. The van der Waals surface area contributed by atoms with Gasteiger partial charge >= 0.3 is 6.09 Å². The summed E-state index contributed by atoms with van der Waals surface area (Å²) in [6, 6.07) is 19.2. The van der Waals surface area contributed by atoms with E-state index in [0.29, 0.717) is 11.7 Å². The molecule has 0 fully saturated rings. The highest BCUT2D eigenvalue weighted by atomic mass is 35.5. The maximum atomic E-state index is 11.6. The van der Waals surface area contributed by atoms with Crippen LogP contribution in [0.25, 0.3) is 17.0 Å². The summed E-state index contributed by atoms with van der Waals surface area (Å²) in [6.45, 7) is 0.654. The first kappa shape index (κ1) is 17.0. The normalized spacial score (nSPS) is 10.9. The van der Waals surface area contributed by atoms with Gasteiger partial charge in [-0.1, -0.05) is 60.2 Å². The van der Waals surface area contributed by atoms with Crippen LogP contribution in [0.3, 0.4) is 0 Å². The molecule has 1 aromatic heterocycles. The van der Waals surface area contributed by atoms with E-state index < -0.39 is 6.09 Å². The van der Waals surface area contributed by atoms with Crippen molar-refractivity contribution < 1.29 is 9.53 Å². The van der Waals surface area contributed by atoms with Crippen LogP contribution in [0, 0.1) is 0 Å². The Morgan fingerprint density at radius 2 is 1.96 bits per heavy atom. The lowest BCUT2D eigenvalue weighted by Crippen LogP contribution is -2.24. The summed E-state index contributed by atoms with van der Waals surface area (Å²) in [5.41, 5.74) is 2.83. The molecule has 1 amide bonds. The zero-order chi connectivity index (χ0) is 17.5. The van der Waals surface area contributed by atoms with E-state index in [1.54, 1.807) is 6.07 Å². The van der Waals surface area contributed by atoms with Crippen molar-refractivity contribution in [1.29, 1.82) is 0 Å². The molecule has 126 valence electrons. The van der Waals surface area contributed by atoms with Crippen molar-refractivity contribution in [2.24, 2.45) is 0 Å². The highest BCUT2D eigenvalue weighted by molar-refractivity contribution is 6.29. The molecule has 0 aliphatic heterocycles. The summed E-state index contributed by atoms with van der Waals surface area (Å²) in [7, 11) is 0. The van der Waals surface area contributed by atoms with E-state index in [4.69, 9.17) is 16.3 Å². The Bertz CT molecular complexity index is 895. The van der Waals surface area contributed by atoms with Gasteiger partial charge in [-0.3, -0.25) is 0 Å². The minimum Gasteiger partial charge on any atom is -0.445 e. The topological polar surface area (TPSA) is 51.2 Å². The van der Waals surface area contributed by atoms with E-state index in [1.165, 1.54) is 0 Å². The number of nitrogens with one attached hydrogen (secondary N) is 1. The summed E-state index contributed by atoms with van der Waals surface area (Å²) < 4.78 is 5.14. The number of hydrogen-bond donors (Lipinski definition) is 1. The number of alkyl carbamates (subject to hydrolysis) is 1. The van der Waals surface area contributed by atoms with E-state index in [0.717, 1.165) is 22.0 Å². The number of rotatable bonds is 5. The Hall–Kier alpha value is -2.85. The minimum absolute atomic E-state index is 0.261. The summed E-state index contributed by atoms with van der Waals surface area (Å²) in [5.74, 6) is 0. The smallest absolute Gasteiger partial charge is 0.407 e. The van der Waals surface area contributed by atoms with Crippen molar-refractivity contribution in [3.63, 3.8) is 0 Å². The molecular formula is C20H17ClN2O2. The molecule has 5 heteroatoms. The standard InChI is InChI=1S/C20H17ClN2O2/c21-19-11-9-17-13-15(8-10-18(17)23-19)7-4-12-22-20(24)25-14-16-5-2-1-3-6-16/h1-11,13H,12,14H2,(H,22,24). The van der Waals surface area contributed by atoms with Gasteiger partial charge in [0.2, 0.25) is 0 Å². The van der Waals surface area contributed by atoms with Crippen LogP contribution in [0.2, 0.25) is 5.15 Å². The molecule has 0 unspecified atom stereocenters. The van der Waals surface area contributed by atoms with Crippen molar-refractivity contribution >= 4 is 34.7 Å². The van der Waals surface area contributed by atoms with Crippen molar-refractivity contribution in [1.82, 2.24) is 10.3 Å². The Labute approximate surface area is 151 Å². The predicted octanol–water partition coefficient (Wildman–Crippen LogP) is 4.83. The van der Waals surface area contributed by atoms with Gasteiger partial charge < -0.3 is 10.1 Å². The Balaban J connectivity index is 1.48. The number of ether oxygens (including phenoxy) is 1. The van der Waals surface area contributed by atoms with E-state index in [9.17, 15) is 4.79 Å². The molecule has 0 spiro atoms. The first-order valence-corrected chi connectivity index (χ1v) is 8.26. The van der Waals surface area contributed by atoms with E-state index in [1.807, 2.05) is 66.7 Å². The lowest BCUT2D eigenvalue weighted by molar-refractivity contribution is 0.141. The zero-order valence-corrected chi connectivity index (χ0v) is 14.2. The van der Waals surface area contributed by atoms with Crippen LogP contribution in [0.1, 0.15) is 11.1 Å². The maximum absolute atomic E-state index is 11.6. The third-order valence-electron chi connectivity index (χ3n) is 3.57. The number of fused-ring (bicyclic) bond motifs is 1. The Kier molecular flexibility index (Phi) is 5.65. The number of halogens is 1. The molecule has 0 aliphatic rings. The molecule has 0 atom stereocenters. The number of benzene rings is 2. The molecule has 1 N–H and O–H groups in total. The summed E-state index contributed by atoms with van der Waals surface area (Å²) in [6.07, 6.45) is 3.37. The summed E-state index contributed by atoms with van der Waals surface area (Å²) in [5, 5.41) is 4.19. The summed E-state index contributed by atoms with van der Waals surface area (Å²) in [4.78, 5) is 15.9. The number of pyridine rings is 1. The van der Waals surface area contributed by atoms with Crippen LogP contribution < -0.4 is 5.32 Å². The van der Waals surface area contributed by atoms with Crippen LogP contribution in [0.15, 0.2) is 66.7 Å². The van der Waals surface area contributed by atoms with Crippen molar-refractivity contribution in [3.05, 3.63) is 83.0 Å². The highest BCUT2D eigenvalue weighted by Gasteiger charge is 2.00. The van der Waals surface area contributed by atoms with Crippen LogP contribution >= 0.6 is 11.6 Å². The second-order valence-electron chi connectivity index (χ2n) is 5.43. The fourth-order valence-electron chi connectivity index (χ4n) is 2.33. The first-order valence-electron chi connectivity index (χ1n) is 7.88.